The van der Waals surface area contributed by atoms with E-state index >= 15 is 4.79 Å². The number of benzene rings is 4. The minimum absolute atomic E-state index is 0.0252. The standard InChI is InChI=1S/C41H32Cl2FN3O7/c1-20(48)21-3-13-27(14-4-21)46-37(50)29-16-15-28-30(34(29)39(46)52)19-31-38(51)47(45-26-11-9-25(44)10-12-26)40(53)41(31,23-5-7-24(42)8-6-23)35(28)22-17-32(43)36(49)33(18-22)54-2/h3-15,17-18,29-31,34-35,45,49H,16,19H2,1-2H3. The molecule has 0 aromatic heterocycles. The zero-order chi connectivity index (χ0) is 38.2. The Bertz CT molecular complexity index is 2300. The highest BCUT2D eigenvalue weighted by molar-refractivity contribution is 6.32. The Kier molecular flexibility index (Phi) is 8.62. The Morgan fingerprint density at radius 2 is 1.59 bits per heavy atom. The van der Waals surface area contributed by atoms with Gasteiger partial charge >= 0.3 is 0 Å². The fraction of sp³-hybridized carbons (Fsp3) is 0.244. The van der Waals surface area contributed by atoms with Crippen molar-refractivity contribution in [1.82, 2.24) is 5.01 Å². The number of carbonyl (C=O) groups is 5. The summed E-state index contributed by atoms with van der Waals surface area (Å²) >= 11 is 13.0. The molecule has 10 nitrogen and oxygen atoms in total. The Morgan fingerprint density at radius 1 is 0.907 bits per heavy atom. The molecule has 4 aromatic carbocycles. The van der Waals surface area contributed by atoms with Gasteiger partial charge in [0.2, 0.25) is 11.8 Å². The number of imide groups is 2. The summed E-state index contributed by atoms with van der Waals surface area (Å²) < 4.78 is 19.4. The highest BCUT2D eigenvalue weighted by Crippen LogP contribution is 2.64. The summed E-state index contributed by atoms with van der Waals surface area (Å²) in [5, 5.41) is 12.1. The molecule has 8 rings (SSSR count). The molecule has 2 saturated heterocycles. The van der Waals surface area contributed by atoms with E-state index in [4.69, 9.17) is 27.9 Å². The fourth-order valence-electron chi connectivity index (χ4n) is 9.05. The monoisotopic (exact) mass is 767 g/mol. The summed E-state index contributed by atoms with van der Waals surface area (Å²) in [5.41, 5.74) is 3.86. The maximum Gasteiger partial charge on any atom is 0.260 e. The lowest BCUT2D eigenvalue weighted by molar-refractivity contribution is -0.138. The molecule has 4 aromatic rings. The van der Waals surface area contributed by atoms with Gasteiger partial charge in [0.15, 0.2) is 17.3 Å². The van der Waals surface area contributed by atoms with Crippen LogP contribution in [0.3, 0.4) is 0 Å². The molecule has 0 bridgehead atoms. The van der Waals surface area contributed by atoms with Crippen LogP contribution >= 0.6 is 23.2 Å². The number of rotatable bonds is 7. The number of methoxy groups -OCH3 is 1. The number of Topliss-reactive ketones (excluding diaryl/α,β-unsaturated/α-hetero) is 1. The van der Waals surface area contributed by atoms with Crippen LogP contribution in [-0.2, 0) is 24.6 Å². The van der Waals surface area contributed by atoms with Crippen LogP contribution in [0, 0.1) is 29.5 Å². The van der Waals surface area contributed by atoms with Gasteiger partial charge in [0.1, 0.15) is 5.82 Å². The van der Waals surface area contributed by atoms with E-state index in [1.54, 1.807) is 54.6 Å². The smallest absolute Gasteiger partial charge is 0.260 e. The summed E-state index contributed by atoms with van der Waals surface area (Å²) in [4.78, 5) is 71.8. The maximum absolute atomic E-state index is 15.3. The number of phenolic OH excluding ortho intramolecular Hbond substituents is 1. The molecule has 2 N–H and O–H groups in total. The maximum atomic E-state index is 15.3. The first kappa shape index (κ1) is 35.5. The number of fused-ring (bicyclic) bond motifs is 4. The normalized spacial score (nSPS) is 25.9. The molecule has 0 radical (unpaired) electrons. The number of halogens is 3. The lowest BCUT2D eigenvalue weighted by atomic mass is 9.49. The van der Waals surface area contributed by atoms with Crippen molar-refractivity contribution in [3.05, 3.63) is 129 Å². The van der Waals surface area contributed by atoms with E-state index < -0.39 is 64.5 Å². The molecule has 2 aliphatic carbocycles. The second kappa shape index (κ2) is 13.1. The molecule has 274 valence electrons. The second-order valence-electron chi connectivity index (χ2n) is 14.0. The van der Waals surface area contributed by atoms with Gasteiger partial charge in [0, 0.05) is 16.5 Å². The van der Waals surface area contributed by atoms with Crippen molar-refractivity contribution in [1.29, 1.82) is 0 Å². The molecule has 2 aliphatic heterocycles. The molecule has 0 spiro atoms. The first-order chi connectivity index (χ1) is 25.9. The number of aromatic hydroxyl groups is 1. The number of hydrogen-bond donors (Lipinski definition) is 2. The molecule has 54 heavy (non-hydrogen) atoms. The number of nitrogens with zero attached hydrogens (tertiary/aromatic N) is 2. The van der Waals surface area contributed by atoms with E-state index in [2.05, 4.69) is 5.43 Å². The van der Waals surface area contributed by atoms with Crippen molar-refractivity contribution >= 4 is 64.0 Å². The van der Waals surface area contributed by atoms with Crippen molar-refractivity contribution in [2.75, 3.05) is 17.4 Å². The molecule has 6 unspecified atom stereocenters. The number of hydrogen-bond acceptors (Lipinski definition) is 8. The third-order valence-corrected chi connectivity index (χ3v) is 11.9. The first-order valence-corrected chi connectivity index (χ1v) is 18.0. The number of carbonyl (C=O) groups excluding carboxylic acids is 5. The van der Waals surface area contributed by atoms with Crippen LogP contribution in [0.25, 0.3) is 0 Å². The number of ether oxygens (including phenoxy) is 1. The highest BCUT2D eigenvalue weighted by Gasteiger charge is 2.70. The summed E-state index contributed by atoms with van der Waals surface area (Å²) in [7, 11) is 1.36. The van der Waals surface area contributed by atoms with Crippen LogP contribution in [-0.4, -0.2) is 46.6 Å². The highest BCUT2D eigenvalue weighted by atomic mass is 35.5. The molecule has 4 amide bonds. The van der Waals surface area contributed by atoms with Gasteiger partial charge in [0.05, 0.1) is 46.7 Å². The lowest BCUT2D eigenvalue weighted by Gasteiger charge is -2.50. The number of allylic oxidation sites excluding steroid dienone is 2. The van der Waals surface area contributed by atoms with Crippen molar-refractivity contribution in [2.45, 2.75) is 31.1 Å². The van der Waals surface area contributed by atoms with Crippen LogP contribution in [0.15, 0.2) is 96.6 Å². The molecular weight excluding hydrogens is 736 g/mol. The average molecular weight is 769 g/mol. The Labute approximate surface area is 319 Å². The molecule has 13 heteroatoms. The third-order valence-electron chi connectivity index (χ3n) is 11.4. The van der Waals surface area contributed by atoms with Crippen LogP contribution in [0.5, 0.6) is 11.5 Å². The number of phenols is 1. The predicted octanol–water partition coefficient (Wildman–Crippen LogP) is 7.24. The number of anilines is 2. The van der Waals surface area contributed by atoms with E-state index in [0.717, 1.165) is 9.91 Å². The molecular formula is C41H32Cl2FN3O7. The molecule has 4 aliphatic rings. The van der Waals surface area contributed by atoms with E-state index in [1.807, 2.05) is 6.08 Å². The van der Waals surface area contributed by atoms with E-state index in [0.29, 0.717) is 33.0 Å². The van der Waals surface area contributed by atoms with Gasteiger partial charge in [-0.05, 0) is 110 Å². The lowest BCUT2D eigenvalue weighted by Crippen LogP contribution is -2.53. The summed E-state index contributed by atoms with van der Waals surface area (Å²) in [6.45, 7) is 1.43. The fourth-order valence-corrected chi connectivity index (χ4v) is 9.39. The van der Waals surface area contributed by atoms with Crippen molar-refractivity contribution in [2.24, 2.45) is 23.7 Å². The SMILES string of the molecule is COc1cc(C2C3=CCC4C(=O)N(c5ccc(C(C)=O)cc5)C(=O)C4C3CC3C(=O)N(Nc4ccc(F)cc4)C(=O)C32c2ccc(Cl)cc2)cc(Cl)c1O. The summed E-state index contributed by atoms with van der Waals surface area (Å²) in [6, 6.07) is 21.2. The van der Waals surface area contributed by atoms with Crippen molar-refractivity contribution in [3.8, 4) is 11.5 Å². The van der Waals surface area contributed by atoms with Gasteiger partial charge in [-0.15, -0.1) is 0 Å². The van der Waals surface area contributed by atoms with E-state index in [9.17, 15) is 28.7 Å². The average Bonchev–Trinajstić information content (AvgIpc) is 3.54. The van der Waals surface area contributed by atoms with Gasteiger partial charge in [-0.2, -0.15) is 5.01 Å². The van der Waals surface area contributed by atoms with Crippen LogP contribution < -0.4 is 15.1 Å². The van der Waals surface area contributed by atoms with Crippen LogP contribution in [0.1, 0.15) is 47.2 Å². The van der Waals surface area contributed by atoms with Gasteiger partial charge in [-0.25, -0.2) is 4.39 Å². The largest absolute Gasteiger partial charge is 0.503 e. The number of hydrazine groups is 1. The summed E-state index contributed by atoms with van der Waals surface area (Å²) in [6.07, 6.45) is 2.08. The van der Waals surface area contributed by atoms with Crippen molar-refractivity contribution < 1.29 is 38.2 Å². The minimum Gasteiger partial charge on any atom is -0.503 e. The predicted molar refractivity (Wildman–Crippen MR) is 198 cm³/mol. The topological polar surface area (TPSA) is 133 Å². The Hall–Kier alpha value is -5.52. The first-order valence-electron chi connectivity index (χ1n) is 17.3. The van der Waals surface area contributed by atoms with Crippen LogP contribution in [0.4, 0.5) is 15.8 Å². The van der Waals surface area contributed by atoms with E-state index in [-0.39, 0.29) is 40.8 Å². The third kappa shape index (κ3) is 5.24. The van der Waals surface area contributed by atoms with Gasteiger partial charge < -0.3 is 9.84 Å². The molecule has 6 atom stereocenters. The number of nitrogens with one attached hydrogen (secondary N) is 1. The molecule has 2 heterocycles. The Balaban J connectivity index is 1.32. The van der Waals surface area contributed by atoms with E-state index in [1.165, 1.54) is 44.4 Å². The van der Waals surface area contributed by atoms with Crippen LogP contribution in [0.2, 0.25) is 10.0 Å². The molecule has 3 fully saturated rings. The van der Waals surface area contributed by atoms with Gasteiger partial charge in [0.25, 0.3) is 11.8 Å². The van der Waals surface area contributed by atoms with Gasteiger partial charge in [-0.1, -0.05) is 47.0 Å². The Morgan fingerprint density at radius 3 is 2.24 bits per heavy atom. The number of amides is 4. The quantitative estimate of drug-likeness (QED) is 0.114. The van der Waals surface area contributed by atoms with Gasteiger partial charge in [-0.3, -0.25) is 34.3 Å². The summed E-state index contributed by atoms with van der Waals surface area (Å²) in [5.74, 6) is -7.36. The number of ketones is 1. The zero-order valence-corrected chi connectivity index (χ0v) is 30.4. The van der Waals surface area contributed by atoms with Crippen molar-refractivity contribution in [3.63, 3.8) is 0 Å². The molecule has 1 saturated carbocycles. The minimum atomic E-state index is -1.65. The second-order valence-corrected chi connectivity index (χ2v) is 14.9. The zero-order valence-electron chi connectivity index (χ0n) is 28.9.